The molecule has 0 fully saturated rings. The van der Waals surface area contributed by atoms with Crippen LogP contribution in [0.2, 0.25) is 5.02 Å². The zero-order valence-electron chi connectivity index (χ0n) is 11.2. The molecule has 0 unspecified atom stereocenters. The van der Waals surface area contributed by atoms with Gasteiger partial charge in [0.25, 0.3) is 0 Å². The maximum atomic E-state index is 6.22. The molecular weight excluding hydrogens is 258 g/mol. The minimum Gasteiger partial charge on any atom is -0.496 e. The molecule has 19 heavy (non-hydrogen) atoms. The molecule has 0 saturated carbocycles. The van der Waals surface area contributed by atoms with E-state index in [1.807, 2.05) is 36.4 Å². The Kier molecular flexibility index (Phi) is 4.83. The van der Waals surface area contributed by atoms with Gasteiger partial charge in [-0.25, -0.2) is 0 Å². The highest BCUT2D eigenvalue weighted by Crippen LogP contribution is 2.26. The zero-order chi connectivity index (χ0) is 13.7. The molecule has 0 spiro atoms. The number of hydrogen-bond acceptors (Lipinski definition) is 2. The minimum atomic E-state index is 0.266. The summed E-state index contributed by atoms with van der Waals surface area (Å²) in [6, 6.07) is 16.3. The first-order chi connectivity index (χ1) is 9.22. The number of rotatable bonds is 5. The smallest absolute Gasteiger partial charge is 0.124 e. The van der Waals surface area contributed by atoms with Gasteiger partial charge in [0.15, 0.2) is 0 Å². The third-order valence-corrected chi connectivity index (χ3v) is 3.53. The van der Waals surface area contributed by atoms with Crippen LogP contribution >= 0.6 is 11.6 Å². The predicted molar refractivity (Wildman–Crippen MR) is 79.7 cm³/mol. The van der Waals surface area contributed by atoms with Gasteiger partial charge in [0.2, 0.25) is 0 Å². The quantitative estimate of drug-likeness (QED) is 0.883. The average molecular weight is 276 g/mol. The van der Waals surface area contributed by atoms with Gasteiger partial charge in [-0.3, -0.25) is 0 Å². The van der Waals surface area contributed by atoms with Crippen LogP contribution < -0.4 is 10.1 Å². The Morgan fingerprint density at radius 1 is 1.11 bits per heavy atom. The van der Waals surface area contributed by atoms with Crippen LogP contribution in [0.4, 0.5) is 0 Å². The van der Waals surface area contributed by atoms with Crippen LogP contribution in [0.3, 0.4) is 0 Å². The lowest BCUT2D eigenvalue weighted by atomic mass is 10.1. The molecule has 0 aliphatic heterocycles. The summed E-state index contributed by atoms with van der Waals surface area (Å²) in [5.41, 5.74) is 2.25. The van der Waals surface area contributed by atoms with Crippen LogP contribution in [-0.4, -0.2) is 7.11 Å². The second kappa shape index (κ2) is 6.60. The monoisotopic (exact) mass is 275 g/mol. The fourth-order valence-corrected chi connectivity index (χ4v) is 2.25. The van der Waals surface area contributed by atoms with Gasteiger partial charge in [-0.05, 0) is 24.6 Å². The van der Waals surface area contributed by atoms with E-state index in [1.54, 1.807) is 7.11 Å². The molecule has 0 amide bonds. The number of ether oxygens (including phenoxy) is 1. The van der Waals surface area contributed by atoms with Crippen molar-refractivity contribution in [2.45, 2.75) is 19.5 Å². The van der Waals surface area contributed by atoms with Gasteiger partial charge in [-0.1, -0.05) is 48.0 Å². The Hall–Kier alpha value is -1.51. The summed E-state index contributed by atoms with van der Waals surface area (Å²) in [6.45, 7) is 2.82. The highest BCUT2D eigenvalue weighted by molar-refractivity contribution is 6.31. The summed E-state index contributed by atoms with van der Waals surface area (Å²) in [5, 5.41) is 4.20. The summed E-state index contributed by atoms with van der Waals surface area (Å²) in [6.07, 6.45) is 0. The standard InChI is InChI=1S/C16H18ClNO/c1-12(13-7-4-3-5-8-13)18-11-14-15(17)9-6-10-16(14)19-2/h3-10,12,18H,11H2,1-2H3/t12-/m1/s1. The zero-order valence-corrected chi connectivity index (χ0v) is 11.9. The summed E-state index contributed by atoms with van der Waals surface area (Å²) < 4.78 is 5.34. The highest BCUT2D eigenvalue weighted by atomic mass is 35.5. The normalized spacial score (nSPS) is 12.2. The number of halogens is 1. The molecule has 3 heteroatoms. The molecule has 1 N–H and O–H groups in total. The first-order valence-corrected chi connectivity index (χ1v) is 6.70. The second-order valence-corrected chi connectivity index (χ2v) is 4.84. The van der Waals surface area contributed by atoms with Gasteiger partial charge in [-0.15, -0.1) is 0 Å². The van der Waals surface area contributed by atoms with E-state index in [1.165, 1.54) is 5.56 Å². The van der Waals surface area contributed by atoms with Crippen molar-refractivity contribution in [1.82, 2.24) is 5.32 Å². The largest absolute Gasteiger partial charge is 0.496 e. The van der Waals surface area contributed by atoms with E-state index in [4.69, 9.17) is 16.3 Å². The van der Waals surface area contributed by atoms with E-state index in [9.17, 15) is 0 Å². The van der Waals surface area contributed by atoms with Crippen LogP contribution in [0.5, 0.6) is 5.75 Å². The van der Waals surface area contributed by atoms with Crippen molar-refractivity contribution in [2.24, 2.45) is 0 Å². The molecule has 2 aromatic carbocycles. The first-order valence-electron chi connectivity index (χ1n) is 6.32. The average Bonchev–Trinajstić information content (AvgIpc) is 2.46. The Morgan fingerprint density at radius 2 is 1.84 bits per heavy atom. The van der Waals surface area contributed by atoms with Gasteiger partial charge in [0.1, 0.15) is 5.75 Å². The molecule has 0 heterocycles. The summed E-state index contributed by atoms with van der Waals surface area (Å²) >= 11 is 6.22. The van der Waals surface area contributed by atoms with Crippen LogP contribution in [0, 0.1) is 0 Å². The number of methoxy groups -OCH3 is 1. The van der Waals surface area contributed by atoms with Crippen molar-refractivity contribution < 1.29 is 4.74 Å². The lowest BCUT2D eigenvalue weighted by Crippen LogP contribution is -2.18. The van der Waals surface area contributed by atoms with Gasteiger partial charge in [-0.2, -0.15) is 0 Å². The van der Waals surface area contributed by atoms with Crippen molar-refractivity contribution in [3.8, 4) is 5.75 Å². The molecule has 2 rings (SSSR count). The minimum absolute atomic E-state index is 0.266. The molecule has 1 atom stereocenters. The van der Waals surface area contributed by atoms with Crippen molar-refractivity contribution in [3.05, 3.63) is 64.7 Å². The molecular formula is C16H18ClNO. The SMILES string of the molecule is COc1cccc(Cl)c1CN[C@H](C)c1ccccc1. The molecule has 0 aliphatic rings. The number of nitrogens with one attached hydrogen (secondary N) is 1. The topological polar surface area (TPSA) is 21.3 Å². The van der Waals surface area contributed by atoms with Crippen LogP contribution in [0.1, 0.15) is 24.1 Å². The molecule has 2 nitrogen and oxygen atoms in total. The third kappa shape index (κ3) is 3.49. The molecule has 0 aromatic heterocycles. The number of hydrogen-bond donors (Lipinski definition) is 1. The van der Waals surface area contributed by atoms with E-state index >= 15 is 0 Å². The van der Waals surface area contributed by atoms with Crippen molar-refractivity contribution >= 4 is 11.6 Å². The van der Waals surface area contributed by atoms with Crippen molar-refractivity contribution in [1.29, 1.82) is 0 Å². The van der Waals surface area contributed by atoms with Gasteiger partial charge in [0, 0.05) is 23.2 Å². The Morgan fingerprint density at radius 3 is 2.53 bits per heavy atom. The molecule has 2 aromatic rings. The predicted octanol–water partition coefficient (Wildman–Crippen LogP) is 4.20. The van der Waals surface area contributed by atoms with Crippen LogP contribution in [0.25, 0.3) is 0 Å². The lowest BCUT2D eigenvalue weighted by molar-refractivity contribution is 0.406. The van der Waals surface area contributed by atoms with Gasteiger partial charge >= 0.3 is 0 Å². The molecule has 100 valence electrons. The fourth-order valence-electron chi connectivity index (χ4n) is 2.02. The van der Waals surface area contributed by atoms with Gasteiger partial charge < -0.3 is 10.1 Å². The molecule has 0 bridgehead atoms. The fraction of sp³-hybridized carbons (Fsp3) is 0.250. The van der Waals surface area contributed by atoms with Crippen LogP contribution in [-0.2, 0) is 6.54 Å². The maximum absolute atomic E-state index is 6.22. The van der Waals surface area contributed by atoms with E-state index in [2.05, 4.69) is 24.4 Å². The Balaban J connectivity index is 2.07. The third-order valence-electron chi connectivity index (χ3n) is 3.18. The molecule has 0 saturated heterocycles. The van der Waals surface area contributed by atoms with E-state index < -0.39 is 0 Å². The van der Waals surface area contributed by atoms with Crippen molar-refractivity contribution in [2.75, 3.05) is 7.11 Å². The summed E-state index contributed by atoms with van der Waals surface area (Å²) in [5.74, 6) is 0.820. The summed E-state index contributed by atoms with van der Waals surface area (Å²) in [7, 11) is 1.66. The van der Waals surface area contributed by atoms with E-state index in [0.717, 1.165) is 16.3 Å². The Labute approximate surface area is 119 Å². The highest BCUT2D eigenvalue weighted by Gasteiger charge is 2.10. The maximum Gasteiger partial charge on any atom is 0.124 e. The number of benzene rings is 2. The molecule has 0 radical (unpaired) electrons. The summed E-state index contributed by atoms with van der Waals surface area (Å²) in [4.78, 5) is 0. The van der Waals surface area contributed by atoms with E-state index in [-0.39, 0.29) is 6.04 Å². The Bertz CT molecular complexity index is 528. The van der Waals surface area contributed by atoms with Gasteiger partial charge in [0.05, 0.1) is 7.11 Å². The van der Waals surface area contributed by atoms with E-state index in [0.29, 0.717) is 6.54 Å². The second-order valence-electron chi connectivity index (χ2n) is 4.43. The lowest BCUT2D eigenvalue weighted by Gasteiger charge is -2.16. The van der Waals surface area contributed by atoms with Crippen molar-refractivity contribution in [3.63, 3.8) is 0 Å². The molecule has 0 aliphatic carbocycles. The van der Waals surface area contributed by atoms with Crippen LogP contribution in [0.15, 0.2) is 48.5 Å². The first kappa shape index (κ1) is 13.9.